The van der Waals surface area contributed by atoms with Crippen LogP contribution in [0.4, 0.5) is 0 Å². The normalized spacial score (nSPS) is 11.8. The first-order chi connectivity index (χ1) is 31.2. The molecule has 0 aliphatic carbocycles. The third-order valence-electron chi connectivity index (χ3n) is 10.7. The summed E-state index contributed by atoms with van der Waals surface area (Å²) in [6, 6.07) is 5.73. The van der Waals surface area contributed by atoms with Crippen molar-refractivity contribution >= 4 is 23.9 Å². The molecule has 0 aromatic heterocycles. The zero-order valence-electron chi connectivity index (χ0n) is 40.9. The summed E-state index contributed by atoms with van der Waals surface area (Å²) >= 11 is 0. The monoisotopic (exact) mass is 892 g/mol. The molecular weight excluding hydrogens is 803 g/mol. The molecule has 1 aromatic carbocycles. The summed E-state index contributed by atoms with van der Waals surface area (Å²) in [6.07, 6.45) is 45.7. The molecule has 0 unspecified atom stereocenters. The maximum absolute atomic E-state index is 12.5. The van der Waals surface area contributed by atoms with E-state index in [-0.39, 0.29) is 38.9 Å². The van der Waals surface area contributed by atoms with Crippen LogP contribution in [0.2, 0.25) is 0 Å². The molecule has 0 aliphatic rings. The minimum Gasteiger partial charge on any atom is -0.466 e. The first-order valence-corrected chi connectivity index (χ1v) is 25.2. The number of nitrogens with zero attached hydrogens (tertiary/aromatic N) is 1. The Kier molecular flexibility index (Phi) is 38.9. The number of allylic oxidation sites excluding steroid dienone is 8. The standard InChI is InChI=1S/C55H89NO8/c1-5-7-9-11-13-15-17-19-21-23-25-27-29-31-33-35-41-61-52(57)37-39-54(59)63-47-50-43-49(46-56(3)4)44-51(45-50)48-64-55(60)40-38-53(58)62-42-36-34-32-30-28-26-24-22-20-18-16-14-12-10-8-6-2/h13-16,19-22,43-45H,5-12,17-18,23-42,46-48H2,1-4H3. The van der Waals surface area contributed by atoms with Gasteiger partial charge >= 0.3 is 23.9 Å². The molecule has 362 valence electrons. The Bertz CT molecular complexity index is 1360. The van der Waals surface area contributed by atoms with Crippen LogP contribution in [-0.4, -0.2) is 56.1 Å². The lowest BCUT2D eigenvalue weighted by atomic mass is 10.1. The fourth-order valence-electron chi connectivity index (χ4n) is 7.04. The van der Waals surface area contributed by atoms with Crippen LogP contribution >= 0.6 is 0 Å². The summed E-state index contributed by atoms with van der Waals surface area (Å²) in [4.78, 5) is 51.5. The SMILES string of the molecule is CCCCCC=CCC=CCCCCCCCCOC(=O)CCC(=O)OCc1cc(COC(=O)CCC(=O)OCCCCCCCCC=CCC=CCCCCC)cc(CN(C)C)c1. The second-order valence-electron chi connectivity index (χ2n) is 17.3. The number of unbranched alkanes of at least 4 members (excludes halogenated alkanes) is 18. The molecule has 9 nitrogen and oxygen atoms in total. The summed E-state index contributed by atoms with van der Waals surface area (Å²) in [5.41, 5.74) is 2.49. The number of hydrogen-bond acceptors (Lipinski definition) is 9. The minimum atomic E-state index is -0.477. The smallest absolute Gasteiger partial charge is 0.306 e. The molecule has 0 amide bonds. The molecule has 0 atom stereocenters. The van der Waals surface area contributed by atoms with Crippen molar-refractivity contribution in [2.45, 2.75) is 213 Å². The van der Waals surface area contributed by atoms with E-state index in [4.69, 9.17) is 18.9 Å². The summed E-state index contributed by atoms with van der Waals surface area (Å²) < 4.78 is 21.7. The van der Waals surface area contributed by atoms with Gasteiger partial charge in [-0.15, -0.1) is 0 Å². The maximum atomic E-state index is 12.5. The van der Waals surface area contributed by atoms with Crippen molar-refractivity contribution in [2.75, 3.05) is 27.3 Å². The lowest BCUT2D eigenvalue weighted by molar-refractivity contribution is -0.151. The van der Waals surface area contributed by atoms with Gasteiger partial charge in [-0.05, 0) is 114 Å². The lowest BCUT2D eigenvalue weighted by Gasteiger charge is -2.14. The molecule has 0 spiro atoms. The highest BCUT2D eigenvalue weighted by atomic mass is 16.5. The molecule has 0 bridgehead atoms. The molecule has 0 saturated heterocycles. The highest BCUT2D eigenvalue weighted by Crippen LogP contribution is 2.16. The molecule has 0 radical (unpaired) electrons. The van der Waals surface area contributed by atoms with E-state index in [1.165, 1.54) is 89.9 Å². The number of carbonyl (C=O) groups excluding carboxylic acids is 4. The average Bonchev–Trinajstić information content (AvgIpc) is 3.28. The molecule has 0 N–H and O–H groups in total. The fraction of sp³-hybridized carbons (Fsp3) is 0.673. The van der Waals surface area contributed by atoms with Gasteiger partial charge in [0.15, 0.2) is 0 Å². The summed E-state index contributed by atoms with van der Waals surface area (Å²) in [5.74, 6) is -1.74. The number of ether oxygens (including phenoxy) is 4. The zero-order valence-corrected chi connectivity index (χ0v) is 40.9. The van der Waals surface area contributed by atoms with Crippen LogP contribution < -0.4 is 0 Å². The van der Waals surface area contributed by atoms with Crippen molar-refractivity contribution in [1.82, 2.24) is 4.90 Å². The highest BCUT2D eigenvalue weighted by molar-refractivity contribution is 5.78. The lowest BCUT2D eigenvalue weighted by Crippen LogP contribution is -2.13. The molecule has 1 rings (SSSR count). The molecule has 0 heterocycles. The van der Waals surface area contributed by atoms with Crippen molar-refractivity contribution in [1.29, 1.82) is 0 Å². The Morgan fingerprint density at radius 1 is 0.406 bits per heavy atom. The van der Waals surface area contributed by atoms with Crippen LogP contribution in [-0.2, 0) is 57.9 Å². The molecule has 0 aliphatic heterocycles. The Morgan fingerprint density at radius 3 is 1.08 bits per heavy atom. The van der Waals surface area contributed by atoms with E-state index in [1.807, 2.05) is 37.2 Å². The van der Waals surface area contributed by atoms with Crippen molar-refractivity contribution in [3.63, 3.8) is 0 Å². The van der Waals surface area contributed by atoms with Crippen molar-refractivity contribution < 1.29 is 38.1 Å². The Hall–Kier alpha value is -3.98. The molecule has 0 saturated carbocycles. The number of carbonyl (C=O) groups is 4. The second-order valence-corrected chi connectivity index (χ2v) is 17.3. The quantitative estimate of drug-likeness (QED) is 0.0274. The van der Waals surface area contributed by atoms with E-state index in [2.05, 4.69) is 62.5 Å². The van der Waals surface area contributed by atoms with E-state index in [0.717, 1.165) is 80.9 Å². The van der Waals surface area contributed by atoms with Crippen LogP contribution in [0.1, 0.15) is 210 Å². The Labute approximate surface area is 389 Å². The number of hydrogen-bond donors (Lipinski definition) is 0. The molecule has 1 aromatic rings. The van der Waals surface area contributed by atoms with Crippen LogP contribution in [0.3, 0.4) is 0 Å². The van der Waals surface area contributed by atoms with Gasteiger partial charge in [-0.2, -0.15) is 0 Å². The van der Waals surface area contributed by atoms with E-state index < -0.39 is 23.9 Å². The molecule has 0 fully saturated rings. The van der Waals surface area contributed by atoms with Crippen LogP contribution in [0.25, 0.3) is 0 Å². The largest absolute Gasteiger partial charge is 0.466 e. The summed E-state index contributed by atoms with van der Waals surface area (Å²) in [7, 11) is 3.91. The van der Waals surface area contributed by atoms with Gasteiger partial charge in [0, 0.05) is 6.54 Å². The van der Waals surface area contributed by atoms with Crippen LogP contribution in [0.15, 0.2) is 66.8 Å². The van der Waals surface area contributed by atoms with Crippen molar-refractivity contribution in [3.05, 3.63) is 83.5 Å². The van der Waals surface area contributed by atoms with Crippen molar-refractivity contribution in [3.8, 4) is 0 Å². The van der Waals surface area contributed by atoms with E-state index in [1.54, 1.807) is 0 Å². The highest BCUT2D eigenvalue weighted by Gasteiger charge is 2.13. The van der Waals surface area contributed by atoms with Gasteiger partial charge in [0.05, 0.1) is 38.9 Å². The first-order valence-electron chi connectivity index (χ1n) is 25.2. The van der Waals surface area contributed by atoms with E-state index in [9.17, 15) is 19.2 Å². The molecule has 9 heteroatoms. The van der Waals surface area contributed by atoms with Gasteiger partial charge < -0.3 is 23.8 Å². The predicted octanol–water partition coefficient (Wildman–Crippen LogP) is 14.1. The molecular formula is C55H89NO8. The van der Waals surface area contributed by atoms with Gasteiger partial charge in [0.25, 0.3) is 0 Å². The summed E-state index contributed by atoms with van der Waals surface area (Å²) in [6.45, 7) is 5.92. The minimum absolute atomic E-state index is 0.0209. The number of esters is 4. The number of rotatable bonds is 42. The van der Waals surface area contributed by atoms with Crippen LogP contribution in [0, 0.1) is 0 Å². The third kappa shape index (κ3) is 38.5. The van der Waals surface area contributed by atoms with E-state index >= 15 is 0 Å². The Morgan fingerprint density at radius 2 is 0.719 bits per heavy atom. The van der Waals surface area contributed by atoms with Crippen LogP contribution in [0.5, 0.6) is 0 Å². The second kappa shape index (κ2) is 42.9. The van der Waals surface area contributed by atoms with Crippen molar-refractivity contribution in [2.24, 2.45) is 0 Å². The zero-order chi connectivity index (χ0) is 46.6. The van der Waals surface area contributed by atoms with Gasteiger partial charge in [0.2, 0.25) is 0 Å². The van der Waals surface area contributed by atoms with Gasteiger partial charge in [-0.25, -0.2) is 0 Å². The fourth-order valence-corrected chi connectivity index (χ4v) is 7.04. The predicted molar refractivity (Wildman–Crippen MR) is 263 cm³/mol. The average molecular weight is 892 g/mol. The topological polar surface area (TPSA) is 108 Å². The maximum Gasteiger partial charge on any atom is 0.306 e. The molecule has 64 heavy (non-hydrogen) atoms. The first kappa shape index (κ1) is 58.0. The van der Waals surface area contributed by atoms with Gasteiger partial charge in [-0.3, -0.25) is 19.2 Å². The van der Waals surface area contributed by atoms with E-state index in [0.29, 0.717) is 19.8 Å². The Balaban J connectivity index is 2.19. The number of benzene rings is 1. The third-order valence-corrected chi connectivity index (χ3v) is 10.7. The van der Waals surface area contributed by atoms with Gasteiger partial charge in [-0.1, -0.05) is 152 Å². The van der Waals surface area contributed by atoms with Gasteiger partial charge in [0.1, 0.15) is 13.2 Å². The summed E-state index contributed by atoms with van der Waals surface area (Å²) in [5, 5.41) is 0.